The first-order chi connectivity index (χ1) is 15.9. The van der Waals surface area contributed by atoms with Gasteiger partial charge in [0.25, 0.3) is 0 Å². The number of carbonyl (C=O) groups is 2. The fourth-order valence-electron chi connectivity index (χ4n) is 5.06. The second-order valence-electron chi connectivity index (χ2n) is 9.38. The van der Waals surface area contributed by atoms with E-state index in [0.717, 1.165) is 79.5 Å². The van der Waals surface area contributed by atoms with E-state index in [1.54, 1.807) is 6.92 Å². The molecule has 33 heavy (non-hydrogen) atoms. The maximum absolute atomic E-state index is 12.1. The molecule has 0 aliphatic carbocycles. The predicted octanol–water partition coefficient (Wildman–Crippen LogP) is 5.35. The van der Waals surface area contributed by atoms with Gasteiger partial charge in [0.15, 0.2) is 5.78 Å². The minimum Gasteiger partial charge on any atom is -0.486 e. The Labute approximate surface area is 196 Å². The number of aromatic nitrogens is 1. The van der Waals surface area contributed by atoms with E-state index in [9.17, 15) is 9.59 Å². The van der Waals surface area contributed by atoms with Crippen molar-refractivity contribution in [1.82, 2.24) is 9.47 Å². The number of fused-ring (bicyclic) bond motifs is 1. The Morgan fingerprint density at radius 1 is 1.03 bits per heavy atom. The van der Waals surface area contributed by atoms with Crippen LogP contribution in [0.4, 0.5) is 0 Å². The molecule has 0 amide bonds. The Balaban J connectivity index is 1.37. The van der Waals surface area contributed by atoms with Crippen LogP contribution in [-0.4, -0.2) is 46.8 Å². The smallest absolute Gasteiger partial charge is 0.161 e. The van der Waals surface area contributed by atoms with E-state index in [0.29, 0.717) is 6.42 Å². The minimum atomic E-state index is -0.408. The van der Waals surface area contributed by atoms with Crippen molar-refractivity contribution >= 4 is 23.0 Å². The van der Waals surface area contributed by atoms with Crippen LogP contribution in [0.1, 0.15) is 54.1 Å². The van der Waals surface area contributed by atoms with Gasteiger partial charge in [-0.15, -0.1) is 0 Å². The lowest BCUT2D eigenvalue weighted by atomic mass is 9.88. The lowest BCUT2D eigenvalue weighted by molar-refractivity contribution is -0.113. The standard InChI is InChI=1S/C28H34N2O3/c1-21-8-4-5-11-26(21)33-28(14-19-31)12-17-29(18-13-28)15-7-16-30-20-25(23(3)32)24-10-6-9-22(2)27(24)30/h4-6,8-11,19-20H,7,12-18H2,1-3H3. The number of aryl methyl sites for hydroxylation is 3. The van der Waals surface area contributed by atoms with Gasteiger partial charge in [0.05, 0.1) is 5.52 Å². The van der Waals surface area contributed by atoms with E-state index in [2.05, 4.69) is 22.5 Å². The van der Waals surface area contributed by atoms with E-state index in [-0.39, 0.29) is 5.78 Å². The van der Waals surface area contributed by atoms with Gasteiger partial charge in [-0.1, -0.05) is 36.4 Å². The van der Waals surface area contributed by atoms with Crippen molar-refractivity contribution in [3.8, 4) is 5.75 Å². The summed E-state index contributed by atoms with van der Waals surface area (Å²) >= 11 is 0. The van der Waals surface area contributed by atoms with Gasteiger partial charge in [0, 0.05) is 56.0 Å². The molecule has 1 aliphatic rings. The number of ether oxygens (including phenoxy) is 1. The Bertz CT molecular complexity index is 1140. The molecular weight excluding hydrogens is 412 g/mol. The lowest BCUT2D eigenvalue weighted by Crippen LogP contribution is -2.48. The van der Waals surface area contributed by atoms with Gasteiger partial charge in [-0.3, -0.25) is 4.79 Å². The molecule has 0 spiro atoms. The van der Waals surface area contributed by atoms with Gasteiger partial charge in [-0.05, 0) is 50.9 Å². The summed E-state index contributed by atoms with van der Waals surface area (Å²) < 4.78 is 8.67. The summed E-state index contributed by atoms with van der Waals surface area (Å²) in [5.41, 5.74) is 3.86. The van der Waals surface area contributed by atoms with Gasteiger partial charge in [0.1, 0.15) is 17.6 Å². The molecule has 0 atom stereocenters. The molecule has 2 heterocycles. The molecule has 3 aromatic rings. The molecule has 5 nitrogen and oxygen atoms in total. The van der Waals surface area contributed by atoms with Gasteiger partial charge in [-0.2, -0.15) is 0 Å². The number of likely N-dealkylation sites (tertiary alicyclic amines) is 1. The van der Waals surface area contributed by atoms with E-state index in [1.165, 1.54) is 5.56 Å². The Kier molecular flexibility index (Phi) is 6.99. The van der Waals surface area contributed by atoms with E-state index in [4.69, 9.17) is 4.74 Å². The lowest BCUT2D eigenvalue weighted by Gasteiger charge is -2.41. The molecule has 174 valence electrons. The summed E-state index contributed by atoms with van der Waals surface area (Å²) in [6.07, 6.45) is 6.15. The molecule has 0 N–H and O–H groups in total. The number of piperidine rings is 1. The van der Waals surface area contributed by atoms with Crippen LogP contribution in [0.3, 0.4) is 0 Å². The van der Waals surface area contributed by atoms with Crippen molar-refractivity contribution < 1.29 is 14.3 Å². The third-order valence-corrected chi connectivity index (χ3v) is 7.00. The number of hydrogen-bond donors (Lipinski definition) is 0. The van der Waals surface area contributed by atoms with Crippen molar-refractivity contribution in [2.24, 2.45) is 0 Å². The summed E-state index contributed by atoms with van der Waals surface area (Å²) in [4.78, 5) is 26.0. The second kappa shape index (κ2) is 9.92. The molecule has 0 unspecified atom stereocenters. The van der Waals surface area contributed by atoms with Crippen LogP contribution in [0.2, 0.25) is 0 Å². The van der Waals surface area contributed by atoms with E-state index < -0.39 is 5.60 Å². The third kappa shape index (κ3) is 5.03. The van der Waals surface area contributed by atoms with Crippen LogP contribution in [0.25, 0.3) is 10.9 Å². The maximum atomic E-state index is 12.1. The van der Waals surface area contributed by atoms with Crippen molar-refractivity contribution in [3.05, 3.63) is 65.4 Å². The first-order valence-electron chi connectivity index (χ1n) is 11.9. The first kappa shape index (κ1) is 23.2. The largest absolute Gasteiger partial charge is 0.486 e. The maximum Gasteiger partial charge on any atom is 0.161 e. The quantitative estimate of drug-likeness (QED) is 0.328. The average molecular weight is 447 g/mol. The fourth-order valence-corrected chi connectivity index (χ4v) is 5.06. The van der Waals surface area contributed by atoms with Crippen molar-refractivity contribution in [1.29, 1.82) is 0 Å². The van der Waals surface area contributed by atoms with Crippen molar-refractivity contribution in [2.75, 3.05) is 19.6 Å². The number of nitrogens with zero attached hydrogens (tertiary/aromatic N) is 2. The normalized spacial score (nSPS) is 16.1. The molecule has 1 fully saturated rings. The molecular formula is C28H34N2O3. The minimum absolute atomic E-state index is 0.112. The van der Waals surface area contributed by atoms with Crippen LogP contribution in [-0.2, 0) is 11.3 Å². The van der Waals surface area contributed by atoms with Crippen LogP contribution in [0.5, 0.6) is 5.75 Å². The van der Waals surface area contributed by atoms with Crippen LogP contribution < -0.4 is 4.74 Å². The number of para-hydroxylation sites is 2. The Morgan fingerprint density at radius 3 is 2.45 bits per heavy atom. The molecule has 1 aromatic heterocycles. The zero-order chi connectivity index (χ0) is 23.4. The predicted molar refractivity (Wildman–Crippen MR) is 132 cm³/mol. The second-order valence-corrected chi connectivity index (χ2v) is 9.38. The van der Waals surface area contributed by atoms with Crippen LogP contribution >= 0.6 is 0 Å². The number of hydrogen-bond acceptors (Lipinski definition) is 4. The van der Waals surface area contributed by atoms with Crippen molar-refractivity contribution in [2.45, 2.75) is 58.6 Å². The van der Waals surface area contributed by atoms with E-state index >= 15 is 0 Å². The van der Waals surface area contributed by atoms with Gasteiger partial charge < -0.3 is 19.0 Å². The average Bonchev–Trinajstić information content (AvgIpc) is 3.17. The summed E-state index contributed by atoms with van der Waals surface area (Å²) in [7, 11) is 0. The summed E-state index contributed by atoms with van der Waals surface area (Å²) in [6.45, 7) is 9.50. The van der Waals surface area contributed by atoms with E-state index in [1.807, 2.05) is 49.5 Å². The Hall–Kier alpha value is -2.92. The number of Topliss-reactive ketones (excluding diaryl/α,β-unsaturated/α-hetero) is 1. The highest BCUT2D eigenvalue weighted by Gasteiger charge is 2.36. The molecule has 1 saturated heterocycles. The molecule has 2 aromatic carbocycles. The molecule has 0 bridgehead atoms. The first-order valence-corrected chi connectivity index (χ1v) is 11.9. The molecule has 5 heteroatoms. The third-order valence-electron chi connectivity index (χ3n) is 7.00. The van der Waals surface area contributed by atoms with Gasteiger partial charge in [-0.25, -0.2) is 0 Å². The number of aldehydes is 1. The van der Waals surface area contributed by atoms with Gasteiger partial charge in [0.2, 0.25) is 0 Å². The molecule has 0 radical (unpaired) electrons. The number of rotatable bonds is 9. The molecule has 4 rings (SSSR count). The van der Waals surface area contributed by atoms with Crippen LogP contribution in [0.15, 0.2) is 48.7 Å². The summed E-state index contributed by atoms with van der Waals surface area (Å²) in [6, 6.07) is 14.2. The van der Waals surface area contributed by atoms with Crippen LogP contribution in [0, 0.1) is 13.8 Å². The van der Waals surface area contributed by atoms with Crippen molar-refractivity contribution in [3.63, 3.8) is 0 Å². The highest BCUT2D eigenvalue weighted by Crippen LogP contribution is 2.33. The fraction of sp³-hybridized carbons (Fsp3) is 0.429. The van der Waals surface area contributed by atoms with Gasteiger partial charge >= 0.3 is 0 Å². The summed E-state index contributed by atoms with van der Waals surface area (Å²) in [5.74, 6) is 0.990. The topological polar surface area (TPSA) is 51.5 Å². The summed E-state index contributed by atoms with van der Waals surface area (Å²) in [5, 5.41) is 1.05. The molecule has 1 aliphatic heterocycles. The SMILES string of the molecule is CC(=O)c1cn(CCCN2CCC(CC=O)(Oc3ccccc3C)CC2)c2c(C)cccc12. The number of carbonyl (C=O) groups excluding carboxylic acids is 2. The Morgan fingerprint density at radius 2 is 1.76 bits per heavy atom. The zero-order valence-electron chi connectivity index (χ0n) is 20.0. The highest BCUT2D eigenvalue weighted by atomic mass is 16.5. The number of benzene rings is 2. The zero-order valence-corrected chi connectivity index (χ0v) is 20.0. The highest BCUT2D eigenvalue weighted by molar-refractivity contribution is 6.07. The molecule has 0 saturated carbocycles. The monoisotopic (exact) mass is 446 g/mol. The number of ketones is 1.